The SMILES string of the molecule is N=C(N)SCC(O)CCl. The topological polar surface area (TPSA) is 70.1 Å². The fraction of sp³-hybridized carbons (Fsp3) is 0.750. The van der Waals surface area contributed by atoms with Crippen molar-refractivity contribution in [1.29, 1.82) is 5.41 Å². The number of alkyl halides is 1. The van der Waals surface area contributed by atoms with Gasteiger partial charge in [0, 0.05) is 11.6 Å². The van der Waals surface area contributed by atoms with Crippen LogP contribution in [0.25, 0.3) is 0 Å². The number of aliphatic hydroxyl groups is 1. The number of halogens is 1. The summed E-state index contributed by atoms with van der Waals surface area (Å²) in [6.07, 6.45) is -0.555. The van der Waals surface area contributed by atoms with Gasteiger partial charge in [0.15, 0.2) is 5.17 Å². The largest absolute Gasteiger partial charge is 0.391 e. The summed E-state index contributed by atoms with van der Waals surface area (Å²) in [6.45, 7) is 0. The predicted molar refractivity (Wildman–Crippen MR) is 41.1 cm³/mol. The average Bonchev–Trinajstić information content (AvgIpc) is 1.83. The summed E-state index contributed by atoms with van der Waals surface area (Å²) >= 11 is 6.35. The van der Waals surface area contributed by atoms with E-state index in [2.05, 4.69) is 0 Å². The molecule has 0 aromatic heterocycles. The minimum atomic E-state index is -0.555. The number of rotatable bonds is 3. The smallest absolute Gasteiger partial charge is 0.151 e. The Bertz CT molecular complexity index is 101. The molecule has 0 radical (unpaired) electrons. The van der Waals surface area contributed by atoms with Crippen molar-refractivity contribution in [1.82, 2.24) is 0 Å². The Morgan fingerprint density at radius 2 is 2.44 bits per heavy atom. The van der Waals surface area contributed by atoms with Crippen LogP contribution in [0.5, 0.6) is 0 Å². The molecular weight excluding hydrogens is 160 g/mol. The summed E-state index contributed by atoms with van der Waals surface area (Å²) in [5, 5.41) is 15.6. The first kappa shape index (κ1) is 9.07. The molecule has 0 amide bonds. The second-order valence-electron chi connectivity index (χ2n) is 1.48. The van der Waals surface area contributed by atoms with Gasteiger partial charge in [-0.3, -0.25) is 5.41 Å². The lowest BCUT2D eigenvalue weighted by Crippen LogP contribution is -2.15. The van der Waals surface area contributed by atoms with Gasteiger partial charge in [0.25, 0.3) is 0 Å². The summed E-state index contributed by atoms with van der Waals surface area (Å²) in [7, 11) is 0. The second-order valence-corrected chi connectivity index (χ2v) is 2.85. The third kappa shape index (κ3) is 5.95. The molecule has 0 spiro atoms. The van der Waals surface area contributed by atoms with E-state index in [1.54, 1.807) is 0 Å². The van der Waals surface area contributed by atoms with Gasteiger partial charge in [0.05, 0.1) is 6.10 Å². The van der Waals surface area contributed by atoms with Gasteiger partial charge in [-0.1, -0.05) is 11.8 Å². The normalized spacial score (nSPS) is 13.1. The highest BCUT2D eigenvalue weighted by Gasteiger charge is 2.01. The van der Waals surface area contributed by atoms with Crippen molar-refractivity contribution in [3.05, 3.63) is 0 Å². The monoisotopic (exact) mass is 168 g/mol. The van der Waals surface area contributed by atoms with Gasteiger partial charge >= 0.3 is 0 Å². The summed E-state index contributed by atoms with van der Waals surface area (Å²) in [6, 6.07) is 0. The molecule has 3 nitrogen and oxygen atoms in total. The zero-order valence-corrected chi connectivity index (χ0v) is 6.37. The van der Waals surface area contributed by atoms with Crippen molar-refractivity contribution < 1.29 is 5.11 Å². The Morgan fingerprint density at radius 3 is 2.78 bits per heavy atom. The highest BCUT2D eigenvalue weighted by atomic mass is 35.5. The van der Waals surface area contributed by atoms with Crippen LogP contribution in [0.1, 0.15) is 0 Å². The summed E-state index contributed by atoms with van der Waals surface area (Å²) in [4.78, 5) is 0. The first-order valence-electron chi connectivity index (χ1n) is 2.37. The van der Waals surface area contributed by atoms with E-state index in [9.17, 15) is 0 Å². The van der Waals surface area contributed by atoms with Crippen LogP contribution >= 0.6 is 23.4 Å². The summed E-state index contributed by atoms with van der Waals surface area (Å²) in [5.41, 5.74) is 4.99. The predicted octanol–water partition coefficient (Wildman–Crippen LogP) is 0.213. The molecule has 0 aromatic carbocycles. The maximum atomic E-state index is 8.80. The number of nitrogens with two attached hydrogens (primary N) is 1. The van der Waals surface area contributed by atoms with Gasteiger partial charge in [-0.25, -0.2) is 0 Å². The minimum absolute atomic E-state index is 0.0131. The molecule has 0 aromatic rings. The second kappa shape index (κ2) is 4.90. The van der Waals surface area contributed by atoms with Crippen LogP contribution in [0, 0.1) is 5.41 Å². The van der Waals surface area contributed by atoms with Crippen LogP contribution < -0.4 is 5.73 Å². The van der Waals surface area contributed by atoms with Crippen molar-refractivity contribution in [3.63, 3.8) is 0 Å². The van der Waals surface area contributed by atoms with Gasteiger partial charge in [0.2, 0.25) is 0 Å². The van der Waals surface area contributed by atoms with Gasteiger partial charge in [-0.05, 0) is 0 Å². The van der Waals surface area contributed by atoms with Gasteiger partial charge in [-0.2, -0.15) is 0 Å². The third-order valence-electron chi connectivity index (χ3n) is 0.609. The van der Waals surface area contributed by atoms with Crippen LogP contribution in [0.15, 0.2) is 0 Å². The molecule has 4 N–H and O–H groups in total. The number of hydrogen-bond acceptors (Lipinski definition) is 3. The maximum Gasteiger partial charge on any atom is 0.151 e. The average molecular weight is 169 g/mol. The van der Waals surface area contributed by atoms with Gasteiger partial charge < -0.3 is 10.8 Å². The quantitative estimate of drug-likeness (QED) is 0.321. The van der Waals surface area contributed by atoms with Crippen LogP contribution in [0.4, 0.5) is 0 Å². The van der Waals surface area contributed by atoms with Crippen molar-refractivity contribution >= 4 is 28.5 Å². The number of amidine groups is 1. The Kier molecular flexibility index (Phi) is 4.94. The minimum Gasteiger partial charge on any atom is -0.391 e. The van der Waals surface area contributed by atoms with Crippen LogP contribution in [0.3, 0.4) is 0 Å². The molecule has 0 fully saturated rings. The van der Waals surface area contributed by atoms with Crippen LogP contribution in [0.2, 0.25) is 0 Å². The molecule has 0 saturated heterocycles. The highest BCUT2D eigenvalue weighted by molar-refractivity contribution is 8.13. The van der Waals surface area contributed by atoms with E-state index in [0.717, 1.165) is 11.8 Å². The molecule has 54 valence electrons. The zero-order chi connectivity index (χ0) is 7.28. The molecule has 0 aliphatic heterocycles. The Hall–Kier alpha value is 0.0700. The van der Waals surface area contributed by atoms with E-state index in [-0.39, 0.29) is 11.0 Å². The molecule has 9 heavy (non-hydrogen) atoms. The zero-order valence-electron chi connectivity index (χ0n) is 4.80. The maximum absolute atomic E-state index is 8.80. The molecule has 0 aliphatic carbocycles. The number of nitrogens with one attached hydrogen (secondary N) is 1. The fourth-order valence-corrected chi connectivity index (χ4v) is 0.959. The molecule has 5 heteroatoms. The highest BCUT2D eigenvalue weighted by Crippen LogP contribution is 2.01. The molecule has 0 bridgehead atoms. The number of hydrogen-bond donors (Lipinski definition) is 3. The van der Waals surface area contributed by atoms with Crippen molar-refractivity contribution in [2.45, 2.75) is 6.10 Å². The molecule has 0 rings (SSSR count). The lowest BCUT2D eigenvalue weighted by Gasteiger charge is -2.02. The standard InChI is InChI=1S/C4H9ClN2OS/c5-1-3(8)2-9-4(6)7/h3,8H,1-2H2,(H3,6,7). The molecule has 1 unspecified atom stereocenters. The van der Waals surface area contributed by atoms with Crippen molar-refractivity contribution in [2.24, 2.45) is 5.73 Å². The first-order valence-corrected chi connectivity index (χ1v) is 3.89. The van der Waals surface area contributed by atoms with Gasteiger partial charge in [-0.15, -0.1) is 11.6 Å². The van der Waals surface area contributed by atoms with E-state index < -0.39 is 6.10 Å². The fourth-order valence-electron chi connectivity index (χ4n) is 0.231. The summed E-state index contributed by atoms with van der Waals surface area (Å²) < 4.78 is 0. The van der Waals surface area contributed by atoms with Crippen molar-refractivity contribution in [3.8, 4) is 0 Å². The molecular formula is C4H9ClN2OS. The van der Waals surface area contributed by atoms with Crippen LogP contribution in [-0.2, 0) is 0 Å². The molecule has 0 saturated carbocycles. The summed E-state index contributed by atoms with van der Waals surface area (Å²) in [5.74, 6) is 0.596. The first-order chi connectivity index (χ1) is 4.16. The van der Waals surface area contributed by atoms with E-state index >= 15 is 0 Å². The molecule has 1 atom stereocenters. The molecule has 0 heterocycles. The van der Waals surface area contributed by atoms with Crippen LogP contribution in [-0.4, -0.2) is 28.0 Å². The lowest BCUT2D eigenvalue weighted by molar-refractivity contribution is 0.224. The van der Waals surface area contributed by atoms with E-state index in [0.29, 0.717) is 5.75 Å². The number of aliphatic hydroxyl groups excluding tert-OH is 1. The van der Waals surface area contributed by atoms with E-state index in [4.69, 9.17) is 27.9 Å². The van der Waals surface area contributed by atoms with Crippen molar-refractivity contribution in [2.75, 3.05) is 11.6 Å². The molecule has 0 aliphatic rings. The Balaban J connectivity index is 3.16. The van der Waals surface area contributed by atoms with E-state index in [1.165, 1.54) is 0 Å². The lowest BCUT2D eigenvalue weighted by atomic mass is 10.5. The Morgan fingerprint density at radius 1 is 1.89 bits per heavy atom. The Labute approximate surface area is 63.1 Å². The van der Waals surface area contributed by atoms with Gasteiger partial charge in [0.1, 0.15) is 0 Å². The third-order valence-corrected chi connectivity index (χ3v) is 1.83. The number of thioether (sulfide) groups is 1. The van der Waals surface area contributed by atoms with E-state index in [1.807, 2.05) is 0 Å².